The number of hydrogen-bond donors (Lipinski definition) is 1. The molecule has 0 amide bonds. The molecule has 0 saturated heterocycles. The number of anilines is 2. The molecule has 0 bridgehead atoms. The van der Waals surface area contributed by atoms with Gasteiger partial charge in [0.15, 0.2) is 5.82 Å². The van der Waals surface area contributed by atoms with Gasteiger partial charge in [-0.15, -0.1) is 0 Å². The summed E-state index contributed by atoms with van der Waals surface area (Å²) in [5, 5.41) is 4.56. The second-order valence-corrected chi connectivity index (χ2v) is 5.56. The van der Waals surface area contributed by atoms with E-state index in [9.17, 15) is 4.79 Å². The first-order chi connectivity index (χ1) is 9.56. The molecular formula is C14H24N4O2. The number of carbonyl (C=O) groups is 1. The van der Waals surface area contributed by atoms with Crippen LogP contribution < -0.4 is 10.6 Å². The van der Waals surface area contributed by atoms with Crippen LogP contribution in [-0.4, -0.2) is 37.0 Å². The third-order valence-corrected chi connectivity index (χ3v) is 3.91. The van der Waals surface area contributed by atoms with Gasteiger partial charge in [-0.2, -0.15) is 5.10 Å². The molecule has 0 unspecified atom stereocenters. The van der Waals surface area contributed by atoms with Crippen LogP contribution in [0.4, 0.5) is 11.6 Å². The van der Waals surface area contributed by atoms with Crippen LogP contribution in [0.1, 0.15) is 54.9 Å². The third-order valence-electron chi connectivity index (χ3n) is 3.91. The van der Waals surface area contributed by atoms with Crippen molar-refractivity contribution in [3.63, 3.8) is 0 Å². The summed E-state index contributed by atoms with van der Waals surface area (Å²) in [6.07, 6.45) is 7.05. The number of ether oxygens (including phenoxy) is 1. The zero-order valence-electron chi connectivity index (χ0n) is 12.6. The standard InChI is InChI=1S/C14H24N4O2/c1-17(2)13-11(14(19)20-3)12(15)18(16-13)10-8-6-4-5-7-9-10/h10H,4-9,15H2,1-3H3. The lowest BCUT2D eigenvalue weighted by molar-refractivity contribution is 0.0602. The first kappa shape index (κ1) is 14.7. The maximum Gasteiger partial charge on any atom is 0.345 e. The summed E-state index contributed by atoms with van der Waals surface area (Å²) in [7, 11) is 5.07. The van der Waals surface area contributed by atoms with E-state index in [2.05, 4.69) is 5.10 Å². The van der Waals surface area contributed by atoms with Crippen LogP contribution in [0, 0.1) is 0 Å². The Bertz CT molecular complexity index is 474. The van der Waals surface area contributed by atoms with Gasteiger partial charge < -0.3 is 15.4 Å². The molecule has 0 atom stereocenters. The Labute approximate surface area is 119 Å². The third kappa shape index (κ3) is 2.73. The molecule has 0 aliphatic heterocycles. The molecular weight excluding hydrogens is 256 g/mol. The fourth-order valence-corrected chi connectivity index (χ4v) is 2.83. The largest absolute Gasteiger partial charge is 0.465 e. The van der Waals surface area contributed by atoms with E-state index in [1.807, 2.05) is 18.8 Å². The molecule has 6 nitrogen and oxygen atoms in total. The Balaban J connectivity index is 2.40. The van der Waals surface area contributed by atoms with Gasteiger partial charge in [-0.25, -0.2) is 9.48 Å². The fraction of sp³-hybridized carbons (Fsp3) is 0.714. The average molecular weight is 280 g/mol. The van der Waals surface area contributed by atoms with Crippen molar-refractivity contribution in [2.24, 2.45) is 0 Å². The van der Waals surface area contributed by atoms with E-state index >= 15 is 0 Å². The smallest absolute Gasteiger partial charge is 0.345 e. The van der Waals surface area contributed by atoms with Gasteiger partial charge in [-0.05, 0) is 12.8 Å². The summed E-state index contributed by atoms with van der Waals surface area (Å²) in [6, 6.07) is 0.287. The van der Waals surface area contributed by atoms with Crippen molar-refractivity contribution < 1.29 is 9.53 Å². The molecule has 20 heavy (non-hydrogen) atoms. The maximum atomic E-state index is 11.9. The molecule has 1 aliphatic rings. The lowest BCUT2D eigenvalue weighted by Crippen LogP contribution is -2.14. The number of hydrogen-bond acceptors (Lipinski definition) is 5. The van der Waals surface area contributed by atoms with E-state index < -0.39 is 5.97 Å². The highest BCUT2D eigenvalue weighted by molar-refractivity contribution is 5.99. The second-order valence-electron chi connectivity index (χ2n) is 5.56. The summed E-state index contributed by atoms with van der Waals surface area (Å²) >= 11 is 0. The Kier molecular flexibility index (Phi) is 4.52. The van der Waals surface area contributed by atoms with Crippen LogP contribution in [0.15, 0.2) is 0 Å². The Morgan fingerprint density at radius 3 is 2.40 bits per heavy atom. The summed E-state index contributed by atoms with van der Waals surface area (Å²) in [6.45, 7) is 0. The van der Waals surface area contributed by atoms with E-state index in [0.29, 0.717) is 17.2 Å². The minimum Gasteiger partial charge on any atom is -0.465 e. The number of methoxy groups -OCH3 is 1. The van der Waals surface area contributed by atoms with Gasteiger partial charge in [0.2, 0.25) is 0 Å². The van der Waals surface area contributed by atoms with E-state index in [1.165, 1.54) is 32.8 Å². The molecule has 112 valence electrons. The van der Waals surface area contributed by atoms with E-state index in [4.69, 9.17) is 10.5 Å². The predicted molar refractivity (Wildman–Crippen MR) is 79.0 cm³/mol. The van der Waals surface area contributed by atoms with Gasteiger partial charge in [-0.3, -0.25) is 0 Å². The zero-order chi connectivity index (χ0) is 14.7. The van der Waals surface area contributed by atoms with Gasteiger partial charge in [0.25, 0.3) is 0 Å². The lowest BCUT2D eigenvalue weighted by atomic mass is 10.1. The monoisotopic (exact) mass is 280 g/mol. The highest BCUT2D eigenvalue weighted by Crippen LogP contribution is 2.33. The number of carbonyl (C=O) groups excluding carboxylic acids is 1. The molecule has 0 aromatic carbocycles. The molecule has 0 spiro atoms. The topological polar surface area (TPSA) is 73.4 Å². The first-order valence-corrected chi connectivity index (χ1v) is 7.20. The highest BCUT2D eigenvalue weighted by Gasteiger charge is 2.27. The van der Waals surface area contributed by atoms with Crippen LogP contribution in [0.2, 0.25) is 0 Å². The number of nitrogen functional groups attached to an aromatic ring is 1. The van der Waals surface area contributed by atoms with Crippen molar-refractivity contribution in [1.82, 2.24) is 9.78 Å². The molecule has 2 rings (SSSR count). The normalized spacial score (nSPS) is 16.8. The number of nitrogens with zero attached hydrogens (tertiary/aromatic N) is 3. The van der Waals surface area contributed by atoms with E-state index in [0.717, 1.165) is 12.8 Å². The number of nitrogens with two attached hydrogens (primary N) is 1. The summed E-state index contributed by atoms with van der Waals surface area (Å²) in [5.74, 6) is 0.581. The predicted octanol–water partition coefficient (Wildman–Crippen LogP) is 2.21. The van der Waals surface area contributed by atoms with E-state index in [-0.39, 0.29) is 6.04 Å². The summed E-state index contributed by atoms with van der Waals surface area (Å²) in [5.41, 5.74) is 6.55. The molecule has 1 saturated carbocycles. The van der Waals surface area contributed by atoms with Crippen LogP contribution in [0.25, 0.3) is 0 Å². The van der Waals surface area contributed by atoms with Gasteiger partial charge in [-0.1, -0.05) is 25.7 Å². The zero-order valence-corrected chi connectivity index (χ0v) is 12.6. The number of rotatable bonds is 3. The van der Waals surface area contributed by atoms with Crippen LogP contribution in [0.3, 0.4) is 0 Å². The van der Waals surface area contributed by atoms with E-state index in [1.54, 1.807) is 4.90 Å². The minimum atomic E-state index is -0.425. The van der Waals surface area contributed by atoms with Gasteiger partial charge >= 0.3 is 5.97 Å². The SMILES string of the molecule is COC(=O)c1c(N(C)C)nn(C2CCCCCC2)c1N. The number of aromatic nitrogens is 2. The fourth-order valence-electron chi connectivity index (χ4n) is 2.83. The van der Waals surface area contributed by atoms with Gasteiger partial charge in [0.1, 0.15) is 11.4 Å². The molecule has 0 radical (unpaired) electrons. The lowest BCUT2D eigenvalue weighted by Gasteiger charge is -2.16. The van der Waals surface area contributed by atoms with Crippen molar-refractivity contribution in [3.8, 4) is 0 Å². The van der Waals surface area contributed by atoms with Crippen molar-refractivity contribution >= 4 is 17.6 Å². The molecule has 1 aromatic rings. The van der Waals surface area contributed by atoms with Gasteiger partial charge in [0.05, 0.1) is 13.2 Å². The molecule has 2 N–H and O–H groups in total. The van der Waals surface area contributed by atoms with Crippen LogP contribution in [-0.2, 0) is 4.74 Å². The Morgan fingerprint density at radius 2 is 1.90 bits per heavy atom. The maximum absolute atomic E-state index is 11.9. The Hall–Kier alpha value is -1.72. The summed E-state index contributed by atoms with van der Waals surface area (Å²) in [4.78, 5) is 13.7. The van der Waals surface area contributed by atoms with Crippen molar-refractivity contribution in [2.45, 2.75) is 44.6 Å². The van der Waals surface area contributed by atoms with Crippen molar-refractivity contribution in [2.75, 3.05) is 31.8 Å². The van der Waals surface area contributed by atoms with Crippen LogP contribution in [0.5, 0.6) is 0 Å². The van der Waals surface area contributed by atoms with Crippen LogP contribution >= 0.6 is 0 Å². The second kappa shape index (κ2) is 6.15. The molecule has 1 heterocycles. The molecule has 1 fully saturated rings. The summed E-state index contributed by atoms with van der Waals surface area (Å²) < 4.78 is 6.66. The molecule has 1 aromatic heterocycles. The first-order valence-electron chi connectivity index (χ1n) is 7.20. The Morgan fingerprint density at radius 1 is 1.30 bits per heavy atom. The van der Waals surface area contributed by atoms with Crippen molar-refractivity contribution in [1.29, 1.82) is 0 Å². The minimum absolute atomic E-state index is 0.287. The average Bonchev–Trinajstić information content (AvgIpc) is 2.63. The van der Waals surface area contributed by atoms with Gasteiger partial charge in [0, 0.05) is 14.1 Å². The number of esters is 1. The molecule has 1 aliphatic carbocycles. The quantitative estimate of drug-likeness (QED) is 0.679. The highest BCUT2D eigenvalue weighted by atomic mass is 16.5. The molecule has 6 heteroatoms. The van der Waals surface area contributed by atoms with Crippen molar-refractivity contribution in [3.05, 3.63) is 5.56 Å².